The molecule has 2 aromatic heterocycles. The van der Waals surface area contributed by atoms with Crippen molar-refractivity contribution < 1.29 is 18.3 Å². The van der Waals surface area contributed by atoms with E-state index in [2.05, 4.69) is 20.6 Å². The van der Waals surface area contributed by atoms with Crippen molar-refractivity contribution in [3.8, 4) is 0 Å². The van der Waals surface area contributed by atoms with Crippen LogP contribution in [0.1, 0.15) is 44.6 Å². The highest BCUT2D eigenvalue weighted by Gasteiger charge is 2.30. The number of aromatic nitrogens is 4. The Balaban J connectivity index is 1.53. The number of halogens is 3. The van der Waals surface area contributed by atoms with Gasteiger partial charge in [0.05, 0.1) is 11.9 Å². The molecule has 2 fully saturated rings. The fourth-order valence-corrected chi connectivity index (χ4v) is 4.99. The van der Waals surface area contributed by atoms with Gasteiger partial charge in [0.2, 0.25) is 17.8 Å². The third kappa shape index (κ3) is 4.87. The second-order valence-electron chi connectivity index (χ2n) is 8.99. The molecule has 1 aromatic carbocycles. The number of nitrogens with zero attached hydrogens (tertiary/aromatic N) is 4. The number of carbonyl (C=O) groups is 1. The number of primary amides is 1. The van der Waals surface area contributed by atoms with Gasteiger partial charge in [0.1, 0.15) is 22.2 Å². The number of nitrogens with one attached hydrogen (secondary N) is 2. The van der Waals surface area contributed by atoms with Crippen molar-refractivity contribution in [2.24, 2.45) is 11.7 Å². The summed E-state index contributed by atoms with van der Waals surface area (Å²) < 4.78 is 35.9. The van der Waals surface area contributed by atoms with E-state index in [0.29, 0.717) is 56.0 Å². The van der Waals surface area contributed by atoms with Crippen LogP contribution in [0.4, 0.5) is 26.4 Å². The Labute approximate surface area is 205 Å². The number of benzene rings is 1. The molecule has 0 radical (unpaired) electrons. The molecule has 3 aromatic rings. The monoisotopic (exact) mass is 505 g/mol. The van der Waals surface area contributed by atoms with Gasteiger partial charge >= 0.3 is 0 Å². The number of fused-ring (bicyclic) bond motifs is 1. The van der Waals surface area contributed by atoms with Crippen molar-refractivity contribution in [3.05, 3.63) is 35.0 Å². The van der Waals surface area contributed by atoms with E-state index in [9.17, 15) is 13.6 Å². The normalized spacial score (nSPS) is 21.2. The number of rotatable bonds is 6. The molecule has 2 aliphatic rings. The van der Waals surface area contributed by atoms with Gasteiger partial charge in [-0.1, -0.05) is 11.6 Å². The summed E-state index contributed by atoms with van der Waals surface area (Å²) in [4.78, 5) is 25.4. The molecule has 3 heterocycles. The van der Waals surface area contributed by atoms with Crippen LogP contribution in [0.3, 0.4) is 0 Å². The third-order valence-electron chi connectivity index (χ3n) is 6.73. The Morgan fingerprint density at radius 1 is 1.09 bits per heavy atom. The minimum atomic E-state index is -0.747. The molecule has 1 aliphatic heterocycles. The second kappa shape index (κ2) is 9.90. The van der Waals surface area contributed by atoms with E-state index in [1.54, 1.807) is 6.20 Å². The molecule has 1 saturated heterocycles. The fraction of sp³-hybridized carbons (Fsp3) is 0.478. The van der Waals surface area contributed by atoms with Crippen LogP contribution in [0, 0.1) is 17.6 Å². The summed E-state index contributed by atoms with van der Waals surface area (Å²) >= 11 is 6.06. The standard InChI is InChI=1S/C23H26ClF2N7O2/c24-18-15(25)5-6-16(26)19(18)31-23-30-17-11-28-22(29-13-7-9-35-10-8-13)32-21(17)33(23)14-3-1-12(2-4-14)20(27)34/h5-6,11-14H,1-4,7-10H2,(H2,27,34)(H,30,31)(H,28,29,32)/t12-,14-. The maximum absolute atomic E-state index is 14.6. The van der Waals surface area contributed by atoms with Gasteiger partial charge in [-0.25, -0.2) is 18.7 Å². The van der Waals surface area contributed by atoms with Crippen molar-refractivity contribution in [3.63, 3.8) is 0 Å². The van der Waals surface area contributed by atoms with Gasteiger partial charge in [-0.3, -0.25) is 9.36 Å². The number of anilines is 3. The predicted octanol–water partition coefficient (Wildman–Crippen LogP) is 4.31. The first-order chi connectivity index (χ1) is 16.9. The topological polar surface area (TPSA) is 120 Å². The summed E-state index contributed by atoms with van der Waals surface area (Å²) in [6.07, 6.45) is 5.84. The zero-order valence-corrected chi connectivity index (χ0v) is 19.7. The number of hydrogen-bond donors (Lipinski definition) is 3. The first-order valence-electron chi connectivity index (χ1n) is 11.7. The SMILES string of the molecule is NC(=O)[C@H]1CC[C@H](n2c(Nc3c(F)ccc(F)c3Cl)nc3cnc(NC4CCOCC4)nc32)CC1. The lowest BCUT2D eigenvalue weighted by molar-refractivity contribution is -0.122. The molecule has 186 valence electrons. The van der Waals surface area contributed by atoms with E-state index in [-0.39, 0.29) is 40.6 Å². The molecule has 0 bridgehead atoms. The predicted molar refractivity (Wildman–Crippen MR) is 128 cm³/mol. The minimum absolute atomic E-state index is 0.0840. The molecule has 4 N–H and O–H groups in total. The average molecular weight is 506 g/mol. The summed E-state index contributed by atoms with van der Waals surface area (Å²) in [5.74, 6) is -1.23. The van der Waals surface area contributed by atoms with Gasteiger partial charge in [0.15, 0.2) is 5.65 Å². The fourth-order valence-electron chi connectivity index (χ4n) is 4.79. The van der Waals surface area contributed by atoms with Crippen molar-refractivity contribution >= 4 is 46.3 Å². The van der Waals surface area contributed by atoms with E-state index in [1.165, 1.54) is 0 Å². The van der Waals surface area contributed by atoms with Crippen LogP contribution in [-0.2, 0) is 9.53 Å². The Morgan fingerprint density at radius 2 is 1.80 bits per heavy atom. The first-order valence-corrected chi connectivity index (χ1v) is 12.1. The number of imidazole rings is 1. The molecule has 1 aliphatic carbocycles. The van der Waals surface area contributed by atoms with Crippen molar-refractivity contribution in [1.29, 1.82) is 0 Å². The molecular weight excluding hydrogens is 480 g/mol. The lowest BCUT2D eigenvalue weighted by atomic mass is 9.85. The molecule has 0 unspecified atom stereocenters. The largest absolute Gasteiger partial charge is 0.381 e. The van der Waals surface area contributed by atoms with Gasteiger partial charge < -0.3 is 21.1 Å². The zero-order chi connectivity index (χ0) is 24.5. The highest BCUT2D eigenvalue weighted by atomic mass is 35.5. The number of hydrogen-bond acceptors (Lipinski definition) is 7. The van der Waals surface area contributed by atoms with Crippen LogP contribution in [0.2, 0.25) is 5.02 Å². The molecule has 5 rings (SSSR count). The Bertz CT molecular complexity index is 1240. The summed E-state index contributed by atoms with van der Waals surface area (Å²) in [5, 5.41) is 5.87. The van der Waals surface area contributed by atoms with Crippen molar-refractivity contribution in [1.82, 2.24) is 19.5 Å². The lowest BCUT2D eigenvalue weighted by Gasteiger charge is -2.29. The highest BCUT2D eigenvalue weighted by molar-refractivity contribution is 6.33. The third-order valence-corrected chi connectivity index (χ3v) is 7.10. The average Bonchev–Trinajstić information content (AvgIpc) is 3.22. The van der Waals surface area contributed by atoms with E-state index >= 15 is 0 Å². The van der Waals surface area contributed by atoms with Crippen molar-refractivity contribution in [2.45, 2.75) is 50.6 Å². The summed E-state index contributed by atoms with van der Waals surface area (Å²) in [6, 6.07) is 2.08. The zero-order valence-electron chi connectivity index (χ0n) is 18.9. The van der Waals surface area contributed by atoms with Gasteiger partial charge in [-0.15, -0.1) is 0 Å². The lowest BCUT2D eigenvalue weighted by Crippen LogP contribution is -2.29. The minimum Gasteiger partial charge on any atom is -0.381 e. The summed E-state index contributed by atoms with van der Waals surface area (Å²) in [6.45, 7) is 1.35. The van der Waals surface area contributed by atoms with Crippen molar-refractivity contribution in [2.75, 3.05) is 23.8 Å². The van der Waals surface area contributed by atoms with E-state index in [0.717, 1.165) is 25.0 Å². The number of nitrogens with two attached hydrogens (primary N) is 1. The van der Waals surface area contributed by atoms with Crippen LogP contribution in [-0.4, -0.2) is 44.7 Å². The maximum Gasteiger partial charge on any atom is 0.224 e. The van der Waals surface area contributed by atoms with Gasteiger partial charge in [0.25, 0.3) is 0 Å². The quantitative estimate of drug-likeness (QED) is 0.427. The van der Waals surface area contributed by atoms with Gasteiger partial charge in [0, 0.05) is 31.2 Å². The van der Waals surface area contributed by atoms with E-state index in [1.807, 2.05) is 4.57 Å². The summed E-state index contributed by atoms with van der Waals surface area (Å²) in [5.41, 5.74) is 6.35. The van der Waals surface area contributed by atoms with E-state index < -0.39 is 11.6 Å². The highest BCUT2D eigenvalue weighted by Crippen LogP contribution is 2.38. The number of carbonyl (C=O) groups excluding carboxylic acids is 1. The number of ether oxygens (including phenoxy) is 1. The van der Waals surface area contributed by atoms with Gasteiger partial charge in [-0.2, -0.15) is 4.98 Å². The first kappa shape index (κ1) is 23.7. The smallest absolute Gasteiger partial charge is 0.224 e. The Kier molecular flexibility index (Phi) is 6.70. The molecule has 0 spiro atoms. The van der Waals surface area contributed by atoms with Crippen LogP contribution in [0.15, 0.2) is 18.3 Å². The molecule has 1 amide bonds. The Hall–Kier alpha value is -3.05. The van der Waals surface area contributed by atoms with Crippen LogP contribution in [0.5, 0.6) is 0 Å². The maximum atomic E-state index is 14.6. The summed E-state index contributed by atoms with van der Waals surface area (Å²) in [7, 11) is 0. The number of amides is 1. The van der Waals surface area contributed by atoms with E-state index in [4.69, 9.17) is 27.1 Å². The van der Waals surface area contributed by atoms with Gasteiger partial charge in [-0.05, 0) is 50.7 Å². The molecule has 9 nitrogen and oxygen atoms in total. The molecule has 12 heteroatoms. The Morgan fingerprint density at radius 3 is 2.51 bits per heavy atom. The van der Waals surface area contributed by atoms with Crippen LogP contribution >= 0.6 is 11.6 Å². The molecule has 0 atom stereocenters. The second-order valence-corrected chi connectivity index (χ2v) is 9.37. The van der Waals surface area contributed by atoms with Crippen LogP contribution < -0.4 is 16.4 Å². The van der Waals surface area contributed by atoms with Crippen LogP contribution in [0.25, 0.3) is 11.2 Å². The molecule has 1 saturated carbocycles. The molecule has 35 heavy (non-hydrogen) atoms. The molecular formula is C23H26ClF2N7O2.